The van der Waals surface area contributed by atoms with Crippen LogP contribution in [0.4, 0.5) is 11.4 Å². The van der Waals surface area contributed by atoms with Crippen molar-refractivity contribution in [3.63, 3.8) is 0 Å². The number of nitrogens with one attached hydrogen (secondary N) is 1. The van der Waals surface area contributed by atoms with Gasteiger partial charge in [0.05, 0.1) is 11.1 Å². The van der Waals surface area contributed by atoms with Gasteiger partial charge in [0.1, 0.15) is 0 Å². The molecule has 0 aromatic heterocycles. The van der Waals surface area contributed by atoms with Gasteiger partial charge in [-0.1, -0.05) is 78.1 Å². The lowest BCUT2D eigenvalue weighted by Crippen LogP contribution is -2.41. The molecule has 5 rings (SSSR count). The third-order valence-corrected chi connectivity index (χ3v) is 8.60. The number of ether oxygens (including phenoxy) is 1. The predicted molar refractivity (Wildman–Crippen MR) is 182 cm³/mol. The number of carboxylic acid groups (broad SMARTS) is 1. The van der Waals surface area contributed by atoms with Crippen LogP contribution in [0.5, 0.6) is 0 Å². The number of amides is 1. The van der Waals surface area contributed by atoms with Gasteiger partial charge in [-0.05, 0) is 47.9 Å². The molecule has 8 nitrogen and oxygen atoms in total. The molecule has 1 aliphatic carbocycles. The Kier molecular flexibility index (Phi) is 11.4. The maximum absolute atomic E-state index is 13.8. The Labute approximate surface area is 268 Å². The molecule has 1 aliphatic heterocycles. The molecule has 0 fully saturated rings. The van der Waals surface area contributed by atoms with Gasteiger partial charge in [-0.2, -0.15) is 0 Å². The zero-order chi connectivity index (χ0) is 33.5. The highest BCUT2D eigenvalue weighted by atomic mass is 16.6. The van der Waals surface area contributed by atoms with E-state index in [2.05, 4.69) is 72.3 Å². The fourth-order valence-corrected chi connectivity index (χ4v) is 6.31. The standard InChI is InChI=1S/C34H41N3O3.C2H6.CH2O2/c1-8-9-10-11-19-35-31(38)24-13-12-14-27-30(24)32(39)40-34(27)25-17-15-22(36(4)5)20-28(25)33(2,3)29-21-23(37(6)7)16-18-26(29)34;1-2;2-1-3/h12-18,20-21H,8-11,19H2,1-7H3,(H,35,38);1-2H3;1H,(H,2,3). The molecule has 0 unspecified atom stereocenters. The summed E-state index contributed by atoms with van der Waals surface area (Å²) < 4.78 is 6.51. The van der Waals surface area contributed by atoms with Crippen LogP contribution in [-0.4, -0.2) is 58.2 Å². The first kappa shape index (κ1) is 35.2. The minimum absolute atomic E-state index is 0.232. The van der Waals surface area contributed by atoms with E-state index in [4.69, 9.17) is 14.6 Å². The summed E-state index contributed by atoms with van der Waals surface area (Å²) in [5, 5.41) is 9.92. The van der Waals surface area contributed by atoms with Crippen molar-refractivity contribution in [2.75, 3.05) is 44.5 Å². The molecule has 1 amide bonds. The fourth-order valence-electron chi connectivity index (χ4n) is 6.31. The minimum atomic E-state index is -1.14. The highest BCUT2D eigenvalue weighted by Gasteiger charge is 2.56. The van der Waals surface area contributed by atoms with Crippen molar-refractivity contribution in [3.05, 3.63) is 93.5 Å². The van der Waals surface area contributed by atoms with E-state index in [1.807, 2.05) is 54.2 Å². The number of hydrogen-bond acceptors (Lipinski definition) is 6. The number of esters is 1. The van der Waals surface area contributed by atoms with Crippen LogP contribution in [0.2, 0.25) is 0 Å². The Balaban J connectivity index is 0.00000104. The van der Waals surface area contributed by atoms with Crippen LogP contribution in [0.3, 0.4) is 0 Å². The van der Waals surface area contributed by atoms with Gasteiger partial charge >= 0.3 is 5.97 Å². The SMILES string of the molecule is CC.CCCCCCNC(=O)c1cccc2c1C(=O)OC21c2ccc(N(C)C)cc2C(C)(C)c2cc(N(C)C)ccc21.O=CO. The zero-order valence-electron chi connectivity index (χ0n) is 28.3. The van der Waals surface area contributed by atoms with Gasteiger partial charge in [0.2, 0.25) is 0 Å². The van der Waals surface area contributed by atoms with E-state index in [9.17, 15) is 9.59 Å². The molecule has 0 saturated heterocycles. The minimum Gasteiger partial charge on any atom is -0.483 e. The normalized spacial score (nSPS) is 14.3. The van der Waals surface area contributed by atoms with Crippen LogP contribution in [0, 0.1) is 0 Å². The van der Waals surface area contributed by atoms with Gasteiger partial charge in [0.15, 0.2) is 5.60 Å². The molecule has 242 valence electrons. The smallest absolute Gasteiger partial charge is 0.340 e. The van der Waals surface area contributed by atoms with E-state index in [-0.39, 0.29) is 17.8 Å². The lowest BCUT2D eigenvalue weighted by molar-refractivity contribution is -0.122. The summed E-state index contributed by atoms with van der Waals surface area (Å²) in [6, 6.07) is 18.3. The van der Waals surface area contributed by atoms with Crippen molar-refractivity contribution in [1.29, 1.82) is 0 Å². The summed E-state index contributed by atoms with van der Waals surface area (Å²) in [7, 11) is 8.12. The topological polar surface area (TPSA) is 99.2 Å². The van der Waals surface area contributed by atoms with Crippen molar-refractivity contribution >= 4 is 29.7 Å². The van der Waals surface area contributed by atoms with Crippen LogP contribution in [0.1, 0.15) is 109 Å². The van der Waals surface area contributed by atoms with Gasteiger partial charge < -0.3 is 25.0 Å². The number of nitrogens with zero attached hydrogens (tertiary/aromatic N) is 2. The Morgan fingerprint density at radius 1 is 0.844 bits per heavy atom. The number of hydrogen-bond donors (Lipinski definition) is 2. The van der Waals surface area contributed by atoms with Crippen LogP contribution in [-0.2, 0) is 20.5 Å². The van der Waals surface area contributed by atoms with Gasteiger partial charge in [-0.25, -0.2) is 4.79 Å². The molecule has 0 radical (unpaired) electrons. The number of fused-ring (bicyclic) bond motifs is 6. The first-order valence-electron chi connectivity index (χ1n) is 15.8. The second kappa shape index (κ2) is 14.6. The third-order valence-electron chi connectivity index (χ3n) is 8.60. The second-order valence-corrected chi connectivity index (χ2v) is 12.1. The summed E-state index contributed by atoms with van der Waals surface area (Å²) in [5.74, 6) is -0.693. The largest absolute Gasteiger partial charge is 0.483 e. The first-order chi connectivity index (χ1) is 21.4. The van der Waals surface area contributed by atoms with Gasteiger partial charge in [0, 0.05) is 68.2 Å². The molecule has 45 heavy (non-hydrogen) atoms. The molecule has 0 saturated carbocycles. The van der Waals surface area contributed by atoms with E-state index in [1.165, 1.54) is 0 Å². The maximum atomic E-state index is 13.8. The van der Waals surface area contributed by atoms with E-state index in [0.29, 0.717) is 17.7 Å². The number of unbranched alkanes of at least 4 members (excludes halogenated alkanes) is 3. The van der Waals surface area contributed by atoms with Gasteiger partial charge in [0.25, 0.3) is 12.4 Å². The number of benzene rings is 3. The van der Waals surface area contributed by atoms with Gasteiger partial charge in [-0.15, -0.1) is 0 Å². The summed E-state index contributed by atoms with van der Waals surface area (Å²) in [6.07, 6.45) is 4.27. The number of rotatable bonds is 8. The van der Waals surface area contributed by atoms with Crippen LogP contribution in [0.25, 0.3) is 0 Å². The fraction of sp³-hybridized carbons (Fsp3) is 0.432. The molecule has 2 N–H and O–H groups in total. The molecule has 3 aromatic carbocycles. The van der Waals surface area contributed by atoms with Crippen LogP contribution >= 0.6 is 0 Å². The van der Waals surface area contributed by atoms with E-state index < -0.39 is 11.6 Å². The van der Waals surface area contributed by atoms with Crippen LogP contribution < -0.4 is 15.1 Å². The molecule has 0 bridgehead atoms. The Bertz CT molecular complexity index is 1460. The number of carbonyl (C=O) groups excluding carboxylic acids is 2. The maximum Gasteiger partial charge on any atom is 0.340 e. The average molecular weight is 616 g/mol. The first-order valence-corrected chi connectivity index (χ1v) is 15.8. The molecule has 0 atom stereocenters. The van der Waals surface area contributed by atoms with E-state index >= 15 is 0 Å². The Hall–Kier alpha value is -4.33. The third kappa shape index (κ3) is 6.42. The van der Waals surface area contributed by atoms with Crippen molar-refractivity contribution in [2.45, 2.75) is 71.3 Å². The molecule has 1 heterocycles. The molecule has 1 spiro atoms. The summed E-state index contributed by atoms with van der Waals surface area (Å²) in [6.45, 7) is 11.0. The summed E-state index contributed by atoms with van der Waals surface area (Å²) in [4.78, 5) is 39.7. The highest BCUT2D eigenvalue weighted by molar-refractivity contribution is 6.09. The number of anilines is 2. The second-order valence-electron chi connectivity index (χ2n) is 12.1. The quantitative estimate of drug-likeness (QED) is 0.161. The summed E-state index contributed by atoms with van der Waals surface area (Å²) >= 11 is 0. The van der Waals surface area contributed by atoms with Crippen molar-refractivity contribution in [3.8, 4) is 0 Å². The summed E-state index contributed by atoms with van der Waals surface area (Å²) in [5.41, 5.74) is 6.22. The Morgan fingerprint density at radius 3 is 1.87 bits per heavy atom. The monoisotopic (exact) mass is 615 g/mol. The zero-order valence-corrected chi connectivity index (χ0v) is 28.3. The highest BCUT2D eigenvalue weighted by Crippen LogP contribution is 2.57. The Morgan fingerprint density at radius 2 is 1.38 bits per heavy atom. The molecular weight excluding hydrogens is 566 g/mol. The average Bonchev–Trinajstić information content (AvgIpc) is 3.33. The molecular formula is C37H49N3O5. The lowest BCUT2D eigenvalue weighted by atomic mass is 9.61. The van der Waals surface area contributed by atoms with Crippen molar-refractivity contribution in [2.24, 2.45) is 0 Å². The molecule has 3 aromatic rings. The van der Waals surface area contributed by atoms with Crippen LogP contribution in [0.15, 0.2) is 54.6 Å². The van der Waals surface area contributed by atoms with Crippen molar-refractivity contribution in [1.82, 2.24) is 5.32 Å². The van der Waals surface area contributed by atoms with E-state index in [0.717, 1.165) is 64.9 Å². The predicted octanol–water partition coefficient (Wildman–Crippen LogP) is 6.96. The van der Waals surface area contributed by atoms with Gasteiger partial charge in [-0.3, -0.25) is 9.59 Å². The molecule has 2 aliphatic rings. The van der Waals surface area contributed by atoms with E-state index in [1.54, 1.807) is 6.07 Å². The lowest BCUT2D eigenvalue weighted by Gasteiger charge is -2.45. The number of carbonyl (C=O) groups is 3. The van der Waals surface area contributed by atoms with Crippen molar-refractivity contribution < 1.29 is 24.2 Å². The molecule has 8 heteroatoms.